The van der Waals surface area contributed by atoms with Crippen molar-refractivity contribution in [1.29, 1.82) is 0 Å². The molecule has 3 aromatic heterocycles. The first kappa shape index (κ1) is 33.5. The minimum absolute atomic E-state index is 0.192. The maximum Gasteiger partial charge on any atom is 0.305 e. The molecule has 8 bridgehead atoms. The Morgan fingerprint density at radius 2 is 1.31 bits per heavy atom. The molecule has 2 aliphatic heterocycles. The Morgan fingerprint density at radius 3 is 1.98 bits per heavy atom. The third kappa shape index (κ3) is 6.17. The van der Waals surface area contributed by atoms with Crippen molar-refractivity contribution in [3.63, 3.8) is 0 Å². The minimum Gasteiger partial charge on any atom is -0.508 e. The van der Waals surface area contributed by atoms with E-state index in [1.807, 2.05) is 31.2 Å². The van der Waals surface area contributed by atoms with Gasteiger partial charge in [-0.2, -0.15) is 0 Å². The summed E-state index contributed by atoms with van der Waals surface area (Å²) < 4.78 is 9.95. The lowest BCUT2D eigenvalue weighted by molar-refractivity contribution is -0.141. The van der Waals surface area contributed by atoms with Crippen molar-refractivity contribution in [3.8, 4) is 16.9 Å². The zero-order valence-corrected chi connectivity index (χ0v) is 29.3. The molecular weight excluding hydrogens is 616 g/mol. The number of hydrogen-bond acceptors (Lipinski definition) is 7. The Labute approximate surface area is 285 Å². The van der Waals surface area contributed by atoms with Gasteiger partial charge in [0, 0.05) is 35.0 Å². The van der Waals surface area contributed by atoms with E-state index in [4.69, 9.17) is 19.4 Å². The lowest BCUT2D eigenvalue weighted by atomic mass is 9.97. The first-order chi connectivity index (χ1) is 23.4. The first-order valence-corrected chi connectivity index (χ1v) is 16.5. The summed E-state index contributed by atoms with van der Waals surface area (Å²) in [6, 6.07) is 13.4. The zero-order valence-electron chi connectivity index (χ0n) is 29.3. The topological polar surface area (TPSA) is 130 Å². The number of nitrogens with zero attached hydrogens (tertiary/aromatic N) is 2. The molecule has 0 radical (unpaired) electrons. The number of rotatable bonds is 7. The van der Waals surface area contributed by atoms with Gasteiger partial charge in [0.2, 0.25) is 0 Å². The number of phenolic OH excluding ortho intramolecular Hbond substituents is 1. The summed E-state index contributed by atoms with van der Waals surface area (Å²) in [5.74, 6) is -0.375. The van der Waals surface area contributed by atoms with Crippen LogP contribution in [-0.2, 0) is 25.5 Å². The molecule has 4 aromatic rings. The smallest absolute Gasteiger partial charge is 0.305 e. The molecule has 1 aromatic carbocycles. The van der Waals surface area contributed by atoms with E-state index in [1.165, 1.54) is 14.2 Å². The van der Waals surface area contributed by atoms with E-state index in [-0.39, 0.29) is 30.5 Å². The summed E-state index contributed by atoms with van der Waals surface area (Å²) in [6.45, 7) is 12.5. The van der Waals surface area contributed by atoms with Crippen molar-refractivity contribution in [1.82, 2.24) is 19.9 Å². The molecule has 0 saturated heterocycles. The summed E-state index contributed by atoms with van der Waals surface area (Å²) in [4.78, 5) is 42.3. The predicted octanol–water partition coefficient (Wildman–Crippen LogP) is 8.55. The molecule has 2 aliphatic rings. The SMILES string of the molecule is COC(=O)CCC1=C(C)c2cc3nc(c(-c4ccc(O)cc4)c4[nH]c(cc5[nH]c(cc1n2)c(CCC(=O)OC)c5C)c(C)c4C)C(C)=C3C. The van der Waals surface area contributed by atoms with Crippen LogP contribution in [0.15, 0.2) is 42.5 Å². The number of allylic oxidation sites excluding steroid dienone is 4. The maximum absolute atomic E-state index is 12.3. The number of esters is 2. The van der Waals surface area contributed by atoms with Crippen LogP contribution in [0.2, 0.25) is 0 Å². The maximum atomic E-state index is 12.3. The fourth-order valence-electron chi connectivity index (χ4n) is 6.72. The molecule has 0 amide bonds. The zero-order chi connectivity index (χ0) is 35.1. The van der Waals surface area contributed by atoms with Gasteiger partial charge in [-0.25, -0.2) is 9.97 Å². The molecule has 9 heteroatoms. The highest BCUT2D eigenvalue weighted by Crippen LogP contribution is 2.41. The quantitative estimate of drug-likeness (QED) is 0.170. The summed E-state index contributed by atoms with van der Waals surface area (Å²) in [5, 5.41) is 10.2. The molecular formula is C40H42N4O5. The molecule has 6 rings (SSSR count). The number of phenols is 1. The summed E-state index contributed by atoms with van der Waals surface area (Å²) in [6.07, 6.45) is 1.39. The first-order valence-electron chi connectivity index (χ1n) is 16.5. The molecule has 5 heterocycles. The average Bonchev–Trinajstić information content (AvgIpc) is 3.74. The van der Waals surface area contributed by atoms with E-state index in [0.717, 1.165) is 101 Å². The van der Waals surface area contributed by atoms with Gasteiger partial charge in [-0.3, -0.25) is 9.59 Å². The Kier molecular flexibility index (Phi) is 9.03. The van der Waals surface area contributed by atoms with Crippen LogP contribution in [0.5, 0.6) is 5.75 Å². The monoisotopic (exact) mass is 658 g/mol. The number of H-pyrrole nitrogens is 2. The van der Waals surface area contributed by atoms with Crippen LogP contribution in [-0.4, -0.2) is 51.2 Å². The van der Waals surface area contributed by atoms with Crippen molar-refractivity contribution in [2.45, 2.75) is 67.2 Å². The number of aromatic amines is 2. The van der Waals surface area contributed by atoms with Crippen LogP contribution in [0, 0.1) is 20.8 Å². The van der Waals surface area contributed by atoms with Gasteiger partial charge >= 0.3 is 11.9 Å². The number of carbonyl (C=O) groups excluding carboxylic acids is 2. The normalized spacial score (nSPS) is 12.9. The summed E-state index contributed by atoms with van der Waals surface area (Å²) >= 11 is 0. The van der Waals surface area contributed by atoms with E-state index in [1.54, 1.807) is 12.1 Å². The Balaban J connectivity index is 1.77. The number of ether oxygens (including phenoxy) is 2. The third-order valence-corrected chi connectivity index (χ3v) is 10.1. The molecule has 49 heavy (non-hydrogen) atoms. The van der Waals surface area contributed by atoms with Crippen molar-refractivity contribution in [2.75, 3.05) is 14.2 Å². The summed E-state index contributed by atoms with van der Waals surface area (Å²) in [5.41, 5.74) is 16.9. The van der Waals surface area contributed by atoms with Crippen molar-refractivity contribution in [3.05, 3.63) is 87.5 Å². The van der Waals surface area contributed by atoms with Gasteiger partial charge in [-0.15, -0.1) is 0 Å². The van der Waals surface area contributed by atoms with Crippen molar-refractivity contribution >= 4 is 56.3 Å². The van der Waals surface area contributed by atoms with Gasteiger partial charge in [0.25, 0.3) is 0 Å². The second-order valence-corrected chi connectivity index (χ2v) is 12.8. The van der Waals surface area contributed by atoms with Gasteiger partial charge in [-0.05, 0) is 135 Å². The Hall–Kier alpha value is -5.44. The molecule has 252 valence electrons. The third-order valence-electron chi connectivity index (χ3n) is 10.1. The number of aromatic hydroxyl groups is 1. The molecule has 0 fully saturated rings. The van der Waals surface area contributed by atoms with Gasteiger partial charge in [0.05, 0.1) is 42.5 Å². The van der Waals surface area contributed by atoms with Crippen LogP contribution < -0.4 is 0 Å². The Bertz CT molecular complexity index is 2250. The number of aromatic nitrogens is 4. The van der Waals surface area contributed by atoms with E-state index in [2.05, 4.69) is 50.7 Å². The van der Waals surface area contributed by atoms with Crippen LogP contribution in [0.25, 0.3) is 55.5 Å². The average molecular weight is 659 g/mol. The second-order valence-electron chi connectivity index (χ2n) is 12.8. The van der Waals surface area contributed by atoms with Crippen molar-refractivity contribution < 1.29 is 24.2 Å². The van der Waals surface area contributed by atoms with E-state index in [0.29, 0.717) is 12.8 Å². The van der Waals surface area contributed by atoms with Gasteiger partial charge in [0.15, 0.2) is 0 Å². The highest BCUT2D eigenvalue weighted by atomic mass is 16.5. The molecule has 3 N–H and O–H groups in total. The number of hydrogen-bond donors (Lipinski definition) is 3. The van der Waals surface area contributed by atoms with Gasteiger partial charge in [-0.1, -0.05) is 12.1 Å². The van der Waals surface area contributed by atoms with Crippen molar-refractivity contribution in [2.24, 2.45) is 0 Å². The number of nitrogens with one attached hydrogen (secondary N) is 2. The Morgan fingerprint density at radius 1 is 0.673 bits per heavy atom. The minimum atomic E-state index is -0.288. The van der Waals surface area contributed by atoms with Crippen LogP contribution >= 0.6 is 0 Å². The molecule has 0 saturated carbocycles. The molecule has 0 spiro atoms. The molecule has 0 atom stereocenters. The molecule has 0 unspecified atom stereocenters. The standard InChI is InChI=1S/C40H42N4O5/c1-20-22(3)39-38(26-9-11-27(45)12-10-26)40-23(4)21(2)31(44-40)18-33-25(6)29(14-16-37(47)49-8)35(42-33)19-34-28(13-15-36(46)48-7)24(5)32(41-34)17-30(20)43-39/h9-12,17-19,41,43,45H,13-16H2,1-8H3. The van der Waals surface area contributed by atoms with Gasteiger partial charge < -0.3 is 24.5 Å². The van der Waals surface area contributed by atoms with Gasteiger partial charge in [0.1, 0.15) is 5.75 Å². The number of benzene rings is 1. The number of methoxy groups -OCH3 is 2. The van der Waals surface area contributed by atoms with Crippen LogP contribution in [0.3, 0.4) is 0 Å². The lowest BCUT2D eigenvalue weighted by Gasteiger charge is -2.08. The highest BCUT2D eigenvalue weighted by molar-refractivity contribution is 6.01. The predicted molar refractivity (Wildman–Crippen MR) is 195 cm³/mol. The lowest BCUT2D eigenvalue weighted by Crippen LogP contribution is -2.02. The second kappa shape index (κ2) is 13.2. The van der Waals surface area contributed by atoms with E-state index >= 15 is 0 Å². The summed E-state index contributed by atoms with van der Waals surface area (Å²) in [7, 11) is 2.80. The molecule has 9 nitrogen and oxygen atoms in total. The highest BCUT2D eigenvalue weighted by Gasteiger charge is 2.24. The largest absolute Gasteiger partial charge is 0.508 e. The number of carbonyl (C=O) groups is 2. The van der Waals surface area contributed by atoms with E-state index in [9.17, 15) is 14.7 Å². The van der Waals surface area contributed by atoms with Crippen LogP contribution in [0.4, 0.5) is 0 Å². The fourth-order valence-corrected chi connectivity index (χ4v) is 6.72. The number of aryl methyl sites for hydroxylation is 4. The molecule has 0 aliphatic carbocycles. The van der Waals surface area contributed by atoms with E-state index < -0.39 is 0 Å². The fraction of sp³-hybridized carbons (Fsp3) is 0.300. The van der Waals surface area contributed by atoms with Crippen LogP contribution in [0.1, 0.15) is 85.1 Å². The number of fused-ring (bicyclic) bond motifs is 8.